The number of aromatic amines is 1. The van der Waals surface area contributed by atoms with Gasteiger partial charge in [-0.2, -0.15) is 0 Å². The molecular weight excluding hydrogens is 302 g/mol. The molecule has 0 saturated heterocycles. The second-order valence-electron chi connectivity index (χ2n) is 4.08. The highest BCUT2D eigenvalue weighted by molar-refractivity contribution is 7.98. The molecule has 0 saturated carbocycles. The number of hydrogen-bond donors (Lipinski definition) is 2. The van der Waals surface area contributed by atoms with Crippen molar-refractivity contribution < 1.29 is 9.47 Å². The minimum atomic E-state index is -0.274. The molecule has 3 rings (SSSR count). The van der Waals surface area contributed by atoms with Crippen molar-refractivity contribution in [3.05, 3.63) is 39.1 Å². The molecule has 1 aliphatic rings. The topological polar surface area (TPSA) is 90.2 Å². The van der Waals surface area contributed by atoms with Gasteiger partial charge in [0.2, 0.25) is 6.79 Å². The van der Waals surface area contributed by atoms with Crippen LogP contribution in [0.5, 0.6) is 11.5 Å². The minimum absolute atomic E-state index is 0.176. The molecule has 104 valence electrons. The molecule has 3 N–H and O–H groups in total. The van der Waals surface area contributed by atoms with E-state index in [9.17, 15) is 4.79 Å². The number of ether oxygens (including phenoxy) is 2. The molecule has 0 spiro atoms. The van der Waals surface area contributed by atoms with Gasteiger partial charge in [-0.15, -0.1) is 0 Å². The van der Waals surface area contributed by atoms with Gasteiger partial charge in [0.05, 0.1) is 5.02 Å². The molecule has 2 heterocycles. The van der Waals surface area contributed by atoms with Crippen molar-refractivity contribution in [1.29, 1.82) is 0 Å². The predicted octanol–water partition coefficient (Wildman–Crippen LogP) is 2.03. The first kappa shape index (κ1) is 13.1. The lowest BCUT2D eigenvalue weighted by molar-refractivity contribution is 0.174. The number of aromatic nitrogens is 2. The van der Waals surface area contributed by atoms with Crippen LogP contribution in [0.3, 0.4) is 0 Å². The van der Waals surface area contributed by atoms with Gasteiger partial charge in [-0.1, -0.05) is 23.4 Å². The Labute approximate surface area is 123 Å². The van der Waals surface area contributed by atoms with Crippen molar-refractivity contribution in [3.8, 4) is 11.5 Å². The second-order valence-corrected chi connectivity index (χ2v) is 5.45. The Bertz CT molecular complexity index is 720. The highest BCUT2D eigenvalue weighted by Gasteiger charge is 2.18. The second kappa shape index (κ2) is 5.26. The molecule has 20 heavy (non-hydrogen) atoms. The van der Waals surface area contributed by atoms with Crippen molar-refractivity contribution in [2.45, 2.75) is 10.9 Å². The van der Waals surface area contributed by atoms with E-state index in [2.05, 4.69) is 9.97 Å². The van der Waals surface area contributed by atoms with Gasteiger partial charge in [-0.05, 0) is 17.7 Å². The molecule has 0 aliphatic carbocycles. The van der Waals surface area contributed by atoms with E-state index < -0.39 is 0 Å². The highest BCUT2D eigenvalue weighted by Crippen LogP contribution is 2.40. The summed E-state index contributed by atoms with van der Waals surface area (Å²) in [6, 6.07) is 4.89. The van der Waals surface area contributed by atoms with E-state index in [1.807, 2.05) is 6.07 Å². The quantitative estimate of drug-likeness (QED) is 0.666. The van der Waals surface area contributed by atoms with Gasteiger partial charge in [0, 0.05) is 11.8 Å². The monoisotopic (exact) mass is 311 g/mol. The number of nitrogens with zero attached hydrogens (tertiary/aromatic N) is 1. The van der Waals surface area contributed by atoms with Crippen LogP contribution in [-0.2, 0) is 5.75 Å². The van der Waals surface area contributed by atoms with Crippen LogP contribution in [0, 0.1) is 0 Å². The first-order valence-electron chi connectivity index (χ1n) is 5.69. The first-order chi connectivity index (χ1) is 9.61. The van der Waals surface area contributed by atoms with Crippen LogP contribution in [-0.4, -0.2) is 16.8 Å². The lowest BCUT2D eigenvalue weighted by Crippen LogP contribution is -2.09. The van der Waals surface area contributed by atoms with Crippen LogP contribution in [0.1, 0.15) is 5.56 Å². The fraction of sp³-hybridized carbons (Fsp3) is 0.167. The summed E-state index contributed by atoms with van der Waals surface area (Å²) in [5.41, 5.74) is 6.19. The average molecular weight is 312 g/mol. The molecule has 2 aromatic rings. The van der Waals surface area contributed by atoms with Gasteiger partial charge >= 0.3 is 0 Å². The number of thioether (sulfide) groups is 1. The van der Waals surface area contributed by atoms with Crippen LogP contribution >= 0.6 is 23.4 Å². The van der Waals surface area contributed by atoms with Gasteiger partial charge in [0.1, 0.15) is 5.82 Å². The Kier molecular flexibility index (Phi) is 3.45. The summed E-state index contributed by atoms with van der Waals surface area (Å²) in [4.78, 5) is 17.9. The molecule has 0 atom stereocenters. The Morgan fingerprint density at radius 1 is 1.40 bits per heavy atom. The largest absolute Gasteiger partial charge is 0.454 e. The Balaban J connectivity index is 1.78. The number of H-pyrrole nitrogens is 1. The molecule has 1 aromatic carbocycles. The lowest BCUT2D eigenvalue weighted by atomic mass is 10.2. The summed E-state index contributed by atoms with van der Waals surface area (Å²) in [6.45, 7) is 0.176. The van der Waals surface area contributed by atoms with Crippen LogP contribution in [0.2, 0.25) is 5.02 Å². The smallest absolute Gasteiger partial charge is 0.253 e. The third-order valence-electron chi connectivity index (χ3n) is 2.60. The Hall–Kier alpha value is -1.86. The highest BCUT2D eigenvalue weighted by atomic mass is 35.5. The number of nitrogens with two attached hydrogens (primary N) is 1. The van der Waals surface area contributed by atoms with E-state index in [0.717, 1.165) is 5.56 Å². The Morgan fingerprint density at radius 3 is 3.05 bits per heavy atom. The zero-order chi connectivity index (χ0) is 14.1. The molecule has 8 heteroatoms. The molecule has 0 fully saturated rings. The average Bonchev–Trinajstić information content (AvgIpc) is 2.84. The predicted molar refractivity (Wildman–Crippen MR) is 76.4 cm³/mol. The maximum atomic E-state index is 11.3. The third kappa shape index (κ3) is 2.68. The number of anilines is 1. The standard InChI is InChI=1S/C12H10ClN3O3S/c13-7-1-6(2-8-11(7)19-5-18-8)4-20-12-15-9(14)3-10(17)16-12/h1-3H,4-5H2,(H3,14,15,16,17). The normalized spacial score (nSPS) is 12.7. The number of fused-ring (bicyclic) bond motifs is 1. The number of benzene rings is 1. The summed E-state index contributed by atoms with van der Waals surface area (Å²) >= 11 is 7.45. The van der Waals surface area contributed by atoms with Gasteiger partial charge in [0.15, 0.2) is 16.7 Å². The van der Waals surface area contributed by atoms with Crippen LogP contribution in [0.25, 0.3) is 0 Å². The number of rotatable bonds is 3. The molecule has 1 aromatic heterocycles. The fourth-order valence-electron chi connectivity index (χ4n) is 1.78. The molecule has 0 radical (unpaired) electrons. The van der Waals surface area contributed by atoms with Crippen molar-refractivity contribution in [2.75, 3.05) is 12.5 Å². The van der Waals surface area contributed by atoms with E-state index >= 15 is 0 Å². The SMILES string of the molecule is Nc1cc(=O)[nH]c(SCc2cc(Cl)c3c(c2)OCO3)n1. The van der Waals surface area contributed by atoms with Gasteiger partial charge in [-0.25, -0.2) is 4.98 Å². The number of halogens is 1. The zero-order valence-electron chi connectivity index (χ0n) is 10.2. The first-order valence-corrected chi connectivity index (χ1v) is 7.06. The summed E-state index contributed by atoms with van der Waals surface area (Å²) in [5, 5.41) is 0.966. The molecule has 0 unspecified atom stereocenters. The van der Waals surface area contributed by atoms with Crippen molar-refractivity contribution >= 4 is 29.2 Å². The van der Waals surface area contributed by atoms with Crippen molar-refractivity contribution in [3.63, 3.8) is 0 Å². The minimum Gasteiger partial charge on any atom is -0.454 e. The van der Waals surface area contributed by atoms with Crippen LogP contribution in [0.4, 0.5) is 5.82 Å². The van der Waals surface area contributed by atoms with E-state index in [-0.39, 0.29) is 18.2 Å². The van der Waals surface area contributed by atoms with E-state index in [1.165, 1.54) is 17.8 Å². The Morgan fingerprint density at radius 2 is 2.25 bits per heavy atom. The van der Waals surface area contributed by atoms with E-state index in [1.54, 1.807) is 6.07 Å². The summed E-state index contributed by atoms with van der Waals surface area (Å²) in [5.74, 6) is 1.96. The van der Waals surface area contributed by atoms with Gasteiger partial charge < -0.3 is 20.2 Å². The maximum absolute atomic E-state index is 11.3. The van der Waals surface area contributed by atoms with Gasteiger partial charge in [0.25, 0.3) is 5.56 Å². The summed E-state index contributed by atoms with van der Waals surface area (Å²) < 4.78 is 10.5. The molecule has 6 nitrogen and oxygen atoms in total. The fourth-order valence-corrected chi connectivity index (χ4v) is 2.88. The third-order valence-corrected chi connectivity index (χ3v) is 3.83. The zero-order valence-corrected chi connectivity index (χ0v) is 11.8. The summed E-state index contributed by atoms with van der Waals surface area (Å²) in [6.07, 6.45) is 0. The van der Waals surface area contributed by atoms with E-state index in [4.69, 9.17) is 26.8 Å². The van der Waals surface area contributed by atoms with E-state index in [0.29, 0.717) is 27.4 Å². The van der Waals surface area contributed by atoms with Crippen LogP contribution < -0.4 is 20.8 Å². The van der Waals surface area contributed by atoms with Crippen molar-refractivity contribution in [2.24, 2.45) is 0 Å². The molecule has 0 amide bonds. The number of nitrogen functional groups attached to an aromatic ring is 1. The van der Waals surface area contributed by atoms with Crippen LogP contribution in [0.15, 0.2) is 28.2 Å². The molecular formula is C12H10ClN3O3S. The molecule has 0 bridgehead atoms. The number of nitrogens with one attached hydrogen (secondary N) is 1. The van der Waals surface area contributed by atoms with Crippen molar-refractivity contribution in [1.82, 2.24) is 9.97 Å². The lowest BCUT2D eigenvalue weighted by Gasteiger charge is -2.05. The number of hydrogen-bond acceptors (Lipinski definition) is 6. The van der Waals surface area contributed by atoms with Gasteiger partial charge in [-0.3, -0.25) is 4.79 Å². The molecule has 1 aliphatic heterocycles. The summed E-state index contributed by atoms with van der Waals surface area (Å²) in [7, 11) is 0. The maximum Gasteiger partial charge on any atom is 0.253 e.